The van der Waals surface area contributed by atoms with Gasteiger partial charge in [0.15, 0.2) is 0 Å². The first kappa shape index (κ1) is 12.9. The van der Waals surface area contributed by atoms with Crippen LogP contribution in [0.25, 0.3) is 21.9 Å². The number of rotatable bonds is 1. The minimum atomic E-state index is -0.678. The van der Waals surface area contributed by atoms with Gasteiger partial charge in [0.2, 0.25) is 5.95 Å². The number of anilines is 1. The Morgan fingerprint density at radius 3 is 2.70 bits per heavy atom. The van der Waals surface area contributed by atoms with Crippen LogP contribution in [0.1, 0.15) is 0 Å². The third-order valence-corrected chi connectivity index (χ3v) is 3.54. The Bertz CT molecular complexity index is 821. The summed E-state index contributed by atoms with van der Waals surface area (Å²) in [6.45, 7) is 0. The van der Waals surface area contributed by atoms with E-state index in [-0.39, 0.29) is 10.3 Å². The summed E-state index contributed by atoms with van der Waals surface area (Å²) in [5, 5.41) is 1.11. The van der Waals surface area contributed by atoms with Gasteiger partial charge in [-0.3, -0.25) is 4.98 Å². The van der Waals surface area contributed by atoms with Crippen LogP contribution >= 0.6 is 15.9 Å². The third-order valence-electron chi connectivity index (χ3n) is 2.99. The highest BCUT2D eigenvalue weighted by Gasteiger charge is 2.11. The Hall–Kier alpha value is -2.08. The second kappa shape index (κ2) is 4.79. The van der Waals surface area contributed by atoms with Crippen LogP contribution in [0.5, 0.6) is 0 Å². The average Bonchev–Trinajstić information content (AvgIpc) is 2.43. The van der Waals surface area contributed by atoms with Gasteiger partial charge in [-0.15, -0.1) is 0 Å². The lowest BCUT2D eigenvalue weighted by atomic mass is 10.0. The summed E-state index contributed by atoms with van der Waals surface area (Å²) in [4.78, 5) is 7.40. The molecule has 3 nitrogen and oxygen atoms in total. The number of pyridine rings is 2. The normalized spacial score (nSPS) is 10.9. The highest BCUT2D eigenvalue weighted by molar-refractivity contribution is 9.10. The lowest BCUT2D eigenvalue weighted by Crippen LogP contribution is -1.98. The second-order valence-electron chi connectivity index (χ2n) is 4.25. The highest BCUT2D eigenvalue weighted by atomic mass is 79.9. The number of halogens is 3. The molecule has 0 saturated heterocycles. The van der Waals surface area contributed by atoms with Gasteiger partial charge < -0.3 is 5.73 Å². The first-order valence-corrected chi connectivity index (χ1v) is 6.50. The molecule has 2 heterocycles. The van der Waals surface area contributed by atoms with E-state index >= 15 is 0 Å². The molecule has 0 fully saturated rings. The van der Waals surface area contributed by atoms with Gasteiger partial charge in [0.05, 0.1) is 10.7 Å². The fraction of sp³-hybridized carbons (Fsp3) is 0. The topological polar surface area (TPSA) is 51.8 Å². The average molecular weight is 336 g/mol. The molecule has 3 aromatic rings. The summed E-state index contributed by atoms with van der Waals surface area (Å²) in [7, 11) is 0. The second-order valence-corrected chi connectivity index (χ2v) is 5.11. The lowest BCUT2D eigenvalue weighted by molar-refractivity contribution is 0.579. The maximum Gasteiger partial charge on any atom is 0.229 e. The number of hydrogen-bond acceptors (Lipinski definition) is 3. The molecule has 2 N–H and O–H groups in total. The van der Waals surface area contributed by atoms with Crippen molar-refractivity contribution in [2.45, 2.75) is 0 Å². The van der Waals surface area contributed by atoms with Crippen molar-refractivity contribution >= 4 is 32.5 Å². The summed E-state index contributed by atoms with van der Waals surface area (Å²) < 4.78 is 27.2. The quantitative estimate of drug-likeness (QED) is 0.686. The first-order valence-electron chi connectivity index (χ1n) is 5.71. The first-order chi connectivity index (χ1) is 9.56. The molecular weight excluding hydrogens is 328 g/mol. The molecule has 0 spiro atoms. The van der Waals surface area contributed by atoms with E-state index < -0.39 is 11.8 Å². The molecule has 0 unspecified atom stereocenters. The molecule has 6 heteroatoms. The van der Waals surface area contributed by atoms with Crippen LogP contribution in [0.15, 0.2) is 41.1 Å². The van der Waals surface area contributed by atoms with Gasteiger partial charge in [-0.2, -0.15) is 4.39 Å². The van der Waals surface area contributed by atoms with Crippen LogP contribution in [0, 0.1) is 11.8 Å². The molecule has 0 saturated carbocycles. The third kappa shape index (κ3) is 2.12. The number of nitrogens with zero attached hydrogens (tertiary/aromatic N) is 2. The summed E-state index contributed by atoms with van der Waals surface area (Å²) in [6.07, 6.45) is 2.72. The maximum atomic E-state index is 13.7. The zero-order chi connectivity index (χ0) is 14.3. The van der Waals surface area contributed by atoms with Crippen molar-refractivity contribution in [1.82, 2.24) is 9.97 Å². The summed E-state index contributed by atoms with van der Waals surface area (Å²) in [5.74, 6) is -1.04. The van der Waals surface area contributed by atoms with Crippen LogP contribution in [0.2, 0.25) is 0 Å². The Balaban J connectivity index is 2.25. The van der Waals surface area contributed by atoms with Gasteiger partial charge in [-0.25, -0.2) is 9.37 Å². The van der Waals surface area contributed by atoms with Crippen LogP contribution in [-0.2, 0) is 0 Å². The van der Waals surface area contributed by atoms with Crippen molar-refractivity contribution in [1.29, 1.82) is 0 Å². The van der Waals surface area contributed by atoms with Gasteiger partial charge in [-0.1, -0.05) is 12.1 Å². The van der Waals surface area contributed by atoms with E-state index in [0.29, 0.717) is 21.9 Å². The number of aromatic nitrogens is 2. The standard InChI is InChI=1S/C14H8BrF2N3/c15-11-4-10(14(18)20-13(11)17)7-1-2-8-5-19-6-12(16)9(8)3-7/h1-6H,(H2,18,20). The Morgan fingerprint density at radius 1 is 1.10 bits per heavy atom. The monoisotopic (exact) mass is 335 g/mol. The van der Waals surface area contributed by atoms with Gasteiger partial charge in [0.1, 0.15) is 11.6 Å². The highest BCUT2D eigenvalue weighted by Crippen LogP contribution is 2.31. The molecule has 0 aliphatic heterocycles. The molecular formula is C14H8BrF2N3. The summed E-state index contributed by atoms with van der Waals surface area (Å²) >= 11 is 3.06. The van der Waals surface area contributed by atoms with Crippen LogP contribution < -0.4 is 5.73 Å². The number of hydrogen-bond donors (Lipinski definition) is 1. The van der Waals surface area contributed by atoms with E-state index in [0.717, 1.165) is 6.20 Å². The Morgan fingerprint density at radius 2 is 1.90 bits per heavy atom. The molecule has 2 aromatic heterocycles. The predicted molar refractivity (Wildman–Crippen MR) is 77.0 cm³/mol. The van der Waals surface area contributed by atoms with E-state index in [9.17, 15) is 8.78 Å². The van der Waals surface area contributed by atoms with Crippen LogP contribution in [-0.4, -0.2) is 9.97 Å². The van der Waals surface area contributed by atoms with Gasteiger partial charge >= 0.3 is 0 Å². The van der Waals surface area contributed by atoms with E-state index in [1.54, 1.807) is 24.4 Å². The largest absolute Gasteiger partial charge is 0.383 e. The van der Waals surface area contributed by atoms with Gasteiger partial charge in [0, 0.05) is 22.5 Å². The minimum absolute atomic E-state index is 0.0551. The van der Waals surface area contributed by atoms with Crippen molar-refractivity contribution in [3.8, 4) is 11.1 Å². The molecule has 20 heavy (non-hydrogen) atoms. The maximum absolute atomic E-state index is 13.7. The Labute approximate surface area is 121 Å². The molecule has 0 bridgehead atoms. The lowest BCUT2D eigenvalue weighted by Gasteiger charge is -2.08. The molecule has 0 aliphatic rings. The minimum Gasteiger partial charge on any atom is -0.383 e. The fourth-order valence-electron chi connectivity index (χ4n) is 2.01. The zero-order valence-corrected chi connectivity index (χ0v) is 11.7. The number of fused-ring (bicyclic) bond motifs is 1. The predicted octanol–water partition coefficient (Wildman–Crippen LogP) is 3.92. The molecule has 0 aliphatic carbocycles. The van der Waals surface area contributed by atoms with Gasteiger partial charge in [-0.05, 0) is 33.6 Å². The van der Waals surface area contributed by atoms with Crippen molar-refractivity contribution in [2.75, 3.05) is 5.73 Å². The number of nitrogens with two attached hydrogens (primary N) is 1. The Kier molecular flexibility index (Phi) is 3.10. The molecule has 0 amide bonds. The molecule has 100 valence electrons. The van der Waals surface area contributed by atoms with Crippen molar-refractivity contribution < 1.29 is 8.78 Å². The summed E-state index contributed by atoms with van der Waals surface area (Å²) in [5.41, 5.74) is 6.93. The SMILES string of the molecule is Nc1nc(F)c(Br)cc1-c1ccc2cncc(F)c2c1. The van der Waals surface area contributed by atoms with E-state index in [1.807, 2.05) is 0 Å². The van der Waals surface area contributed by atoms with Crippen molar-refractivity contribution in [3.63, 3.8) is 0 Å². The van der Waals surface area contributed by atoms with Crippen LogP contribution in [0.4, 0.5) is 14.6 Å². The van der Waals surface area contributed by atoms with E-state index in [4.69, 9.17) is 5.73 Å². The molecule has 0 atom stereocenters. The zero-order valence-electron chi connectivity index (χ0n) is 10.1. The molecule has 0 radical (unpaired) electrons. The van der Waals surface area contributed by atoms with Crippen LogP contribution in [0.3, 0.4) is 0 Å². The summed E-state index contributed by atoms with van der Waals surface area (Å²) in [6, 6.07) is 6.67. The smallest absolute Gasteiger partial charge is 0.229 e. The number of nitrogen functional groups attached to an aromatic ring is 1. The van der Waals surface area contributed by atoms with Crippen molar-refractivity contribution in [3.05, 3.63) is 52.9 Å². The number of benzene rings is 1. The fourth-order valence-corrected chi connectivity index (χ4v) is 2.32. The van der Waals surface area contributed by atoms with E-state index in [1.165, 1.54) is 6.07 Å². The molecule has 3 rings (SSSR count). The van der Waals surface area contributed by atoms with E-state index in [2.05, 4.69) is 25.9 Å². The van der Waals surface area contributed by atoms with Gasteiger partial charge in [0.25, 0.3) is 0 Å². The molecule has 1 aromatic carbocycles. The van der Waals surface area contributed by atoms with Crippen molar-refractivity contribution in [2.24, 2.45) is 0 Å².